The maximum absolute atomic E-state index is 12.9. The fourth-order valence-corrected chi connectivity index (χ4v) is 1.65. The van der Waals surface area contributed by atoms with Crippen LogP contribution in [-0.4, -0.2) is 18.5 Å². The van der Waals surface area contributed by atoms with Gasteiger partial charge in [0, 0.05) is 11.7 Å². The van der Waals surface area contributed by atoms with Gasteiger partial charge in [-0.3, -0.25) is 4.79 Å². The lowest BCUT2D eigenvalue weighted by Gasteiger charge is -2.13. The quantitative estimate of drug-likeness (QED) is 0.783. The van der Waals surface area contributed by atoms with Crippen molar-refractivity contribution in [3.05, 3.63) is 30.1 Å². The molecule has 2 N–H and O–H groups in total. The summed E-state index contributed by atoms with van der Waals surface area (Å²) >= 11 is 0. The fraction of sp³-hybridized carbons (Fsp3) is 0.500. The van der Waals surface area contributed by atoms with Crippen molar-refractivity contribution >= 4 is 11.6 Å². The number of unbranched alkanes of at least 4 members (excludes halogenated alkanes) is 1. The van der Waals surface area contributed by atoms with Crippen LogP contribution in [0.2, 0.25) is 0 Å². The Bertz CT molecular complexity index is 382. The Labute approximate surface area is 108 Å². The molecule has 0 aliphatic heterocycles. The average molecular weight is 252 g/mol. The number of nitrogens with one attached hydrogen (secondary N) is 2. The molecule has 0 fully saturated rings. The molecular weight excluding hydrogens is 231 g/mol. The molecule has 1 aromatic carbocycles. The van der Waals surface area contributed by atoms with E-state index in [1.165, 1.54) is 12.1 Å². The summed E-state index contributed by atoms with van der Waals surface area (Å²) in [5.74, 6) is -0.499. The molecule has 1 unspecified atom stereocenters. The Kier molecular flexibility index (Phi) is 6.36. The molecule has 3 nitrogen and oxygen atoms in total. The van der Waals surface area contributed by atoms with Crippen molar-refractivity contribution in [2.45, 2.75) is 39.2 Å². The van der Waals surface area contributed by atoms with Gasteiger partial charge in [-0.05, 0) is 31.5 Å². The van der Waals surface area contributed by atoms with Gasteiger partial charge in [-0.1, -0.05) is 25.8 Å². The summed E-state index contributed by atoms with van der Waals surface area (Å²) in [7, 11) is 0. The highest BCUT2D eigenvalue weighted by Gasteiger charge is 2.05. The number of hydrogen-bond acceptors (Lipinski definition) is 2. The minimum absolute atomic E-state index is 0.149. The molecule has 0 aromatic heterocycles. The molecule has 0 aliphatic rings. The summed E-state index contributed by atoms with van der Waals surface area (Å²) in [6.45, 7) is 4.45. The molecule has 0 aliphatic carbocycles. The lowest BCUT2D eigenvalue weighted by molar-refractivity contribution is -0.115. The van der Waals surface area contributed by atoms with E-state index in [1.807, 2.05) is 0 Å². The van der Waals surface area contributed by atoms with Gasteiger partial charge in [-0.15, -0.1) is 0 Å². The SMILES string of the molecule is CCCCC(C)NCC(=O)Nc1cccc(F)c1. The minimum Gasteiger partial charge on any atom is -0.325 e. The fourth-order valence-electron chi connectivity index (χ4n) is 1.65. The van der Waals surface area contributed by atoms with Crippen LogP contribution in [0, 0.1) is 5.82 Å². The lowest BCUT2D eigenvalue weighted by atomic mass is 10.1. The summed E-state index contributed by atoms with van der Waals surface area (Å²) in [4.78, 5) is 11.6. The Morgan fingerprint density at radius 2 is 2.22 bits per heavy atom. The maximum atomic E-state index is 12.9. The standard InChI is InChI=1S/C14H21FN2O/c1-3-4-6-11(2)16-10-14(18)17-13-8-5-7-12(15)9-13/h5,7-9,11,16H,3-4,6,10H2,1-2H3,(H,17,18). The van der Waals surface area contributed by atoms with Crippen LogP contribution >= 0.6 is 0 Å². The topological polar surface area (TPSA) is 41.1 Å². The highest BCUT2D eigenvalue weighted by atomic mass is 19.1. The monoisotopic (exact) mass is 252 g/mol. The van der Waals surface area contributed by atoms with Gasteiger partial charge >= 0.3 is 0 Å². The van der Waals surface area contributed by atoms with E-state index in [2.05, 4.69) is 24.5 Å². The zero-order chi connectivity index (χ0) is 13.4. The summed E-state index contributed by atoms with van der Waals surface area (Å²) in [6.07, 6.45) is 3.37. The van der Waals surface area contributed by atoms with E-state index < -0.39 is 0 Å². The van der Waals surface area contributed by atoms with Crippen LogP contribution in [-0.2, 0) is 4.79 Å². The van der Waals surface area contributed by atoms with E-state index >= 15 is 0 Å². The second kappa shape index (κ2) is 7.82. The van der Waals surface area contributed by atoms with Crippen molar-refractivity contribution in [1.82, 2.24) is 5.32 Å². The first-order valence-electron chi connectivity index (χ1n) is 6.40. The highest BCUT2D eigenvalue weighted by Crippen LogP contribution is 2.08. The Morgan fingerprint density at radius 3 is 2.89 bits per heavy atom. The zero-order valence-electron chi connectivity index (χ0n) is 11.0. The van der Waals surface area contributed by atoms with Gasteiger partial charge in [0.25, 0.3) is 0 Å². The number of halogens is 1. The molecule has 0 radical (unpaired) electrons. The second-order valence-electron chi connectivity index (χ2n) is 4.48. The first kappa shape index (κ1) is 14.6. The van der Waals surface area contributed by atoms with Crippen molar-refractivity contribution < 1.29 is 9.18 Å². The molecule has 4 heteroatoms. The van der Waals surface area contributed by atoms with Crippen molar-refractivity contribution in [1.29, 1.82) is 0 Å². The number of amides is 1. The molecule has 18 heavy (non-hydrogen) atoms. The molecule has 1 amide bonds. The van der Waals surface area contributed by atoms with Crippen molar-refractivity contribution in [3.63, 3.8) is 0 Å². The number of carbonyl (C=O) groups excluding carboxylic acids is 1. The van der Waals surface area contributed by atoms with Crippen LogP contribution in [0.4, 0.5) is 10.1 Å². The molecule has 1 atom stereocenters. The summed E-state index contributed by atoms with van der Waals surface area (Å²) < 4.78 is 12.9. The van der Waals surface area contributed by atoms with Gasteiger partial charge in [0.15, 0.2) is 0 Å². The molecule has 0 saturated carbocycles. The predicted molar refractivity (Wildman–Crippen MR) is 72.0 cm³/mol. The molecule has 0 saturated heterocycles. The van der Waals surface area contributed by atoms with Gasteiger partial charge in [0.05, 0.1) is 6.54 Å². The lowest BCUT2D eigenvalue weighted by Crippen LogP contribution is -2.34. The molecule has 0 bridgehead atoms. The first-order chi connectivity index (χ1) is 8.61. The third kappa shape index (κ3) is 5.77. The number of hydrogen-bond donors (Lipinski definition) is 2. The van der Waals surface area contributed by atoms with Crippen LogP contribution in [0.15, 0.2) is 24.3 Å². The number of rotatable bonds is 7. The first-order valence-corrected chi connectivity index (χ1v) is 6.40. The number of anilines is 1. The van der Waals surface area contributed by atoms with Crippen LogP contribution in [0.3, 0.4) is 0 Å². The van der Waals surface area contributed by atoms with Crippen molar-refractivity contribution in [2.24, 2.45) is 0 Å². The largest absolute Gasteiger partial charge is 0.325 e. The molecular formula is C14H21FN2O. The highest BCUT2D eigenvalue weighted by molar-refractivity contribution is 5.92. The van der Waals surface area contributed by atoms with Crippen LogP contribution in [0.25, 0.3) is 0 Å². The minimum atomic E-state index is -0.350. The van der Waals surface area contributed by atoms with Crippen molar-refractivity contribution in [2.75, 3.05) is 11.9 Å². The zero-order valence-corrected chi connectivity index (χ0v) is 11.0. The van der Waals surface area contributed by atoms with Gasteiger partial charge in [0.2, 0.25) is 5.91 Å². The number of carbonyl (C=O) groups is 1. The van der Waals surface area contributed by atoms with Crippen LogP contribution in [0.1, 0.15) is 33.1 Å². The Balaban J connectivity index is 2.29. The predicted octanol–water partition coefficient (Wildman–Crippen LogP) is 2.93. The van der Waals surface area contributed by atoms with Gasteiger partial charge in [-0.25, -0.2) is 4.39 Å². The summed E-state index contributed by atoms with van der Waals surface area (Å²) in [5, 5.41) is 5.80. The van der Waals surface area contributed by atoms with E-state index in [0.29, 0.717) is 11.7 Å². The van der Waals surface area contributed by atoms with Gasteiger partial charge in [-0.2, -0.15) is 0 Å². The van der Waals surface area contributed by atoms with E-state index in [4.69, 9.17) is 0 Å². The van der Waals surface area contributed by atoms with E-state index in [1.54, 1.807) is 12.1 Å². The normalized spacial score (nSPS) is 12.2. The van der Waals surface area contributed by atoms with Crippen molar-refractivity contribution in [3.8, 4) is 0 Å². The smallest absolute Gasteiger partial charge is 0.238 e. The second-order valence-corrected chi connectivity index (χ2v) is 4.48. The van der Waals surface area contributed by atoms with E-state index in [9.17, 15) is 9.18 Å². The summed E-state index contributed by atoms with van der Waals surface area (Å²) in [5.41, 5.74) is 0.489. The van der Waals surface area contributed by atoms with Crippen LogP contribution < -0.4 is 10.6 Å². The van der Waals surface area contributed by atoms with E-state index in [-0.39, 0.29) is 18.3 Å². The molecule has 1 rings (SSSR count). The maximum Gasteiger partial charge on any atom is 0.238 e. The Morgan fingerprint density at radius 1 is 1.44 bits per heavy atom. The third-order valence-corrected chi connectivity index (χ3v) is 2.71. The summed E-state index contributed by atoms with van der Waals surface area (Å²) in [6, 6.07) is 6.21. The molecule has 100 valence electrons. The van der Waals surface area contributed by atoms with Crippen LogP contribution in [0.5, 0.6) is 0 Å². The molecule has 1 aromatic rings. The van der Waals surface area contributed by atoms with Gasteiger partial charge in [0.1, 0.15) is 5.82 Å². The average Bonchev–Trinajstić information content (AvgIpc) is 2.34. The molecule has 0 spiro atoms. The molecule has 0 heterocycles. The van der Waals surface area contributed by atoms with E-state index in [0.717, 1.165) is 19.3 Å². The Hall–Kier alpha value is -1.42. The third-order valence-electron chi connectivity index (χ3n) is 2.71. The van der Waals surface area contributed by atoms with Gasteiger partial charge < -0.3 is 10.6 Å². The number of benzene rings is 1.